The molecule has 0 N–H and O–H groups in total. The lowest BCUT2D eigenvalue weighted by molar-refractivity contribution is 0.577. The average Bonchev–Trinajstić information content (AvgIpc) is 3.42. The molecule has 2 aromatic heterocycles. The van der Waals surface area contributed by atoms with Crippen LogP contribution < -0.4 is 0 Å². The molecule has 8 aromatic rings. The van der Waals surface area contributed by atoms with E-state index in [1.165, 1.54) is 69.5 Å². The van der Waals surface area contributed by atoms with Crippen molar-refractivity contribution in [2.24, 2.45) is 10.9 Å². The number of pyridine rings is 1. The van der Waals surface area contributed by atoms with Crippen molar-refractivity contribution in [1.82, 2.24) is 4.98 Å². The fourth-order valence-corrected chi connectivity index (χ4v) is 8.55. The Morgan fingerprint density at radius 2 is 1.30 bits per heavy atom. The van der Waals surface area contributed by atoms with Gasteiger partial charge in [0.2, 0.25) is 0 Å². The van der Waals surface area contributed by atoms with Gasteiger partial charge in [-0.3, -0.25) is 9.98 Å². The molecule has 224 valence electrons. The van der Waals surface area contributed by atoms with Crippen LogP contribution in [0.4, 0.5) is 0 Å². The molecule has 1 aliphatic rings. The number of benzene rings is 6. The van der Waals surface area contributed by atoms with Gasteiger partial charge in [-0.1, -0.05) is 128 Å². The number of aliphatic imine (C=N–C) groups is 1. The minimum absolute atomic E-state index is 0.134. The zero-order valence-electron chi connectivity index (χ0n) is 26.1. The minimum Gasteiger partial charge on any atom is -0.278 e. The van der Waals surface area contributed by atoms with E-state index in [0.717, 1.165) is 17.8 Å². The molecule has 0 spiro atoms. The van der Waals surface area contributed by atoms with Gasteiger partial charge in [-0.25, -0.2) is 0 Å². The highest BCUT2D eigenvalue weighted by molar-refractivity contribution is 7.25. The van der Waals surface area contributed by atoms with Crippen LogP contribution >= 0.6 is 11.3 Å². The highest BCUT2D eigenvalue weighted by atomic mass is 32.1. The molecule has 6 aromatic carbocycles. The van der Waals surface area contributed by atoms with E-state index in [-0.39, 0.29) is 12.0 Å². The predicted molar refractivity (Wildman–Crippen MR) is 201 cm³/mol. The van der Waals surface area contributed by atoms with E-state index in [2.05, 4.69) is 153 Å². The van der Waals surface area contributed by atoms with Crippen molar-refractivity contribution in [3.8, 4) is 11.1 Å². The van der Waals surface area contributed by atoms with Gasteiger partial charge in [0.1, 0.15) is 0 Å². The summed E-state index contributed by atoms with van der Waals surface area (Å²) in [6, 6.07) is 50.3. The normalized spacial score (nSPS) is 16.8. The first-order valence-corrected chi connectivity index (χ1v) is 17.1. The van der Waals surface area contributed by atoms with E-state index in [1.54, 1.807) is 0 Å². The highest BCUT2D eigenvalue weighted by Crippen LogP contribution is 2.45. The molecule has 3 heteroatoms. The lowest BCUT2D eigenvalue weighted by Crippen LogP contribution is -2.12. The SMILES string of the molecule is CC1C(c2ccccc2)=CCC(c2ccccc2)=NC1c1nccc2sc3ccc(-c4cc5ccccc5c5ccccc45)cc3c12. The van der Waals surface area contributed by atoms with Gasteiger partial charge >= 0.3 is 0 Å². The second-order valence-electron chi connectivity index (χ2n) is 12.5. The van der Waals surface area contributed by atoms with Gasteiger partial charge < -0.3 is 0 Å². The number of fused-ring (bicyclic) bond motifs is 6. The predicted octanol–water partition coefficient (Wildman–Crippen LogP) is 12.1. The average molecular weight is 621 g/mol. The molecule has 0 radical (unpaired) electrons. The molecule has 47 heavy (non-hydrogen) atoms. The maximum Gasteiger partial charge on any atom is 0.0995 e. The molecule has 2 unspecified atom stereocenters. The van der Waals surface area contributed by atoms with E-state index < -0.39 is 0 Å². The second-order valence-corrected chi connectivity index (χ2v) is 13.6. The first-order valence-electron chi connectivity index (χ1n) is 16.3. The van der Waals surface area contributed by atoms with Crippen molar-refractivity contribution in [3.63, 3.8) is 0 Å². The van der Waals surface area contributed by atoms with Crippen LogP contribution in [-0.4, -0.2) is 10.7 Å². The molecule has 2 atom stereocenters. The molecular weight excluding hydrogens is 589 g/mol. The zero-order chi connectivity index (χ0) is 31.3. The number of hydrogen-bond acceptors (Lipinski definition) is 3. The lowest BCUT2D eigenvalue weighted by Gasteiger charge is -2.23. The standard InChI is InChI=1S/C44H32N2S/c1-28-33(29-12-4-2-5-13-29)21-22-39(30-14-6-3-7-15-30)46-43(28)44-42-38-27-32(20-23-40(38)47-41(42)24-25-45-44)37-26-31-16-8-9-17-34(31)35-18-10-11-19-36(35)37/h2-21,23-28,43H,22H2,1H3. The number of rotatable bonds is 4. The summed E-state index contributed by atoms with van der Waals surface area (Å²) >= 11 is 1.85. The van der Waals surface area contributed by atoms with Crippen molar-refractivity contribution >= 4 is 64.3 Å². The molecule has 0 bridgehead atoms. The van der Waals surface area contributed by atoms with Gasteiger partial charge in [0.25, 0.3) is 0 Å². The van der Waals surface area contributed by atoms with Crippen LogP contribution in [0, 0.1) is 5.92 Å². The highest BCUT2D eigenvalue weighted by Gasteiger charge is 2.30. The zero-order valence-corrected chi connectivity index (χ0v) is 26.9. The van der Waals surface area contributed by atoms with E-state index in [4.69, 9.17) is 9.98 Å². The molecule has 1 aliphatic heterocycles. The van der Waals surface area contributed by atoms with Crippen molar-refractivity contribution in [2.45, 2.75) is 19.4 Å². The number of hydrogen-bond donors (Lipinski definition) is 0. The van der Waals surface area contributed by atoms with E-state index in [0.29, 0.717) is 0 Å². The van der Waals surface area contributed by atoms with Crippen molar-refractivity contribution in [1.29, 1.82) is 0 Å². The summed E-state index contributed by atoms with van der Waals surface area (Å²) in [5, 5.41) is 7.58. The van der Waals surface area contributed by atoms with Gasteiger partial charge in [-0.05, 0) is 73.6 Å². The Labute approximate surface area is 278 Å². The Morgan fingerprint density at radius 3 is 2.11 bits per heavy atom. The molecule has 0 saturated carbocycles. The third kappa shape index (κ3) is 4.78. The summed E-state index contributed by atoms with van der Waals surface area (Å²) in [7, 11) is 0. The van der Waals surface area contributed by atoms with Gasteiger partial charge in [-0.15, -0.1) is 11.3 Å². The lowest BCUT2D eigenvalue weighted by atomic mass is 9.85. The number of nitrogens with zero attached hydrogens (tertiary/aromatic N) is 2. The summed E-state index contributed by atoms with van der Waals surface area (Å²) in [6.45, 7) is 2.32. The molecule has 2 nitrogen and oxygen atoms in total. The number of allylic oxidation sites excluding steroid dienone is 1. The van der Waals surface area contributed by atoms with Gasteiger partial charge in [0.05, 0.1) is 11.7 Å². The van der Waals surface area contributed by atoms with Crippen LogP contribution in [0.3, 0.4) is 0 Å². The first-order chi connectivity index (χ1) is 23.2. The number of aromatic nitrogens is 1. The summed E-state index contributed by atoms with van der Waals surface area (Å²) in [5.41, 5.74) is 8.39. The Hall–Kier alpha value is -5.38. The van der Waals surface area contributed by atoms with Crippen molar-refractivity contribution < 1.29 is 0 Å². The van der Waals surface area contributed by atoms with E-state index in [9.17, 15) is 0 Å². The molecule has 0 saturated heterocycles. The van der Waals surface area contributed by atoms with Crippen LogP contribution in [0.25, 0.3) is 58.4 Å². The quantitative estimate of drug-likeness (QED) is 0.180. The number of thiophene rings is 1. The molecular formula is C44H32N2S. The van der Waals surface area contributed by atoms with Gasteiger partial charge in [-0.2, -0.15) is 0 Å². The van der Waals surface area contributed by atoms with Gasteiger partial charge in [0, 0.05) is 44.4 Å². The third-order valence-electron chi connectivity index (χ3n) is 9.76. The van der Waals surface area contributed by atoms with Crippen LogP contribution in [0.2, 0.25) is 0 Å². The maximum absolute atomic E-state index is 5.57. The van der Waals surface area contributed by atoms with Crippen LogP contribution in [0.5, 0.6) is 0 Å². The molecule has 0 fully saturated rings. The Bertz CT molecular complexity index is 2510. The molecule has 3 heterocycles. The first kappa shape index (κ1) is 27.9. The topological polar surface area (TPSA) is 25.2 Å². The fourth-order valence-electron chi connectivity index (χ4n) is 7.46. The van der Waals surface area contributed by atoms with Crippen molar-refractivity contribution in [2.75, 3.05) is 0 Å². The minimum atomic E-state index is -0.134. The van der Waals surface area contributed by atoms with E-state index >= 15 is 0 Å². The second kappa shape index (κ2) is 11.5. The maximum atomic E-state index is 5.57. The Kier molecular flexibility index (Phi) is 6.80. The monoisotopic (exact) mass is 620 g/mol. The summed E-state index contributed by atoms with van der Waals surface area (Å²) in [4.78, 5) is 10.7. The summed E-state index contributed by atoms with van der Waals surface area (Å²) < 4.78 is 2.53. The smallest absolute Gasteiger partial charge is 0.0995 e. The summed E-state index contributed by atoms with van der Waals surface area (Å²) in [6.07, 6.45) is 5.15. The molecule has 0 aliphatic carbocycles. The Balaban J connectivity index is 1.27. The molecule has 9 rings (SSSR count). The van der Waals surface area contributed by atoms with Crippen LogP contribution in [0.1, 0.15) is 36.2 Å². The third-order valence-corrected chi connectivity index (χ3v) is 10.9. The van der Waals surface area contributed by atoms with Crippen LogP contribution in [-0.2, 0) is 0 Å². The van der Waals surface area contributed by atoms with Crippen molar-refractivity contribution in [3.05, 3.63) is 169 Å². The Morgan fingerprint density at radius 1 is 0.596 bits per heavy atom. The summed E-state index contributed by atoms with van der Waals surface area (Å²) in [5.74, 6) is 0.138. The molecule has 0 amide bonds. The fraction of sp³-hybridized carbons (Fsp3) is 0.0909. The van der Waals surface area contributed by atoms with Gasteiger partial charge in [0.15, 0.2) is 0 Å². The van der Waals surface area contributed by atoms with Crippen LogP contribution in [0.15, 0.2) is 157 Å². The van der Waals surface area contributed by atoms with E-state index in [1.807, 2.05) is 17.5 Å². The largest absolute Gasteiger partial charge is 0.278 e.